The van der Waals surface area contributed by atoms with Crippen molar-refractivity contribution < 1.29 is 0 Å². The van der Waals surface area contributed by atoms with E-state index in [0.717, 1.165) is 38.9 Å². The van der Waals surface area contributed by atoms with E-state index in [0.29, 0.717) is 0 Å². The molecule has 338 valence electrons. The monoisotopic (exact) mass is 954 g/mol. The van der Waals surface area contributed by atoms with Crippen LogP contribution in [0.25, 0.3) is 0 Å². The lowest BCUT2D eigenvalue weighted by atomic mass is 9.65. The summed E-state index contributed by atoms with van der Waals surface area (Å²) < 4.78 is 0. The zero-order chi connectivity index (χ0) is 49.7. The van der Waals surface area contributed by atoms with Crippen LogP contribution in [-0.4, -0.2) is 40.4 Å². The molecule has 0 fully saturated rings. The van der Waals surface area contributed by atoms with E-state index >= 15 is 0 Å². The lowest BCUT2D eigenvalue weighted by Gasteiger charge is -2.37. The molecule has 5 aromatic rings. The van der Waals surface area contributed by atoms with Crippen LogP contribution in [0.3, 0.4) is 0 Å². The van der Waals surface area contributed by atoms with Crippen molar-refractivity contribution in [3.63, 3.8) is 0 Å². The largest absolute Gasteiger partial charge is 0.129 e. The molecule has 0 nitrogen and oxygen atoms in total. The van der Waals surface area contributed by atoms with Crippen LogP contribution >= 0.6 is 0 Å². The normalized spacial score (nSPS) is 11.1. The first kappa shape index (κ1) is 53.7. The van der Waals surface area contributed by atoms with Crippen molar-refractivity contribution in [2.24, 2.45) is 0 Å². The summed E-state index contributed by atoms with van der Waals surface area (Å²) in [5, 5.41) is 0. The summed E-state index contributed by atoms with van der Waals surface area (Å²) in [7, 11) is -7.23. The molecule has 0 saturated carbocycles. The van der Waals surface area contributed by atoms with Crippen LogP contribution in [0.2, 0.25) is 98.2 Å². The van der Waals surface area contributed by atoms with Gasteiger partial charge in [-0.1, -0.05) is 188 Å². The smallest absolute Gasteiger partial charge is 0.127 e. The molecule has 5 aromatic carbocycles. The second-order valence-electron chi connectivity index (χ2n) is 22.1. The van der Waals surface area contributed by atoms with Gasteiger partial charge in [0.15, 0.2) is 0 Å². The van der Waals surface area contributed by atoms with E-state index < -0.39 is 45.8 Å². The van der Waals surface area contributed by atoms with Crippen molar-refractivity contribution in [3.8, 4) is 81.0 Å². The molecule has 67 heavy (non-hydrogen) atoms. The van der Waals surface area contributed by atoms with Crippen LogP contribution in [0.4, 0.5) is 0 Å². The van der Waals surface area contributed by atoms with E-state index in [1.807, 2.05) is 13.8 Å². The minimum Gasteiger partial charge on any atom is -0.127 e. The van der Waals surface area contributed by atoms with Gasteiger partial charge in [0.05, 0.1) is 5.41 Å². The lowest BCUT2D eigenvalue weighted by molar-refractivity contribution is 0.744. The summed E-state index contributed by atoms with van der Waals surface area (Å²) >= 11 is 0. The molecular weight excluding hydrogens is 885 g/mol. The molecule has 0 saturated heterocycles. The Bertz CT molecular complexity index is 2750. The van der Waals surface area contributed by atoms with Crippen molar-refractivity contribution in [1.29, 1.82) is 0 Å². The summed E-state index contributed by atoms with van der Waals surface area (Å²) in [5.74, 6) is 29.3. The molecule has 0 bridgehead atoms. The zero-order valence-electron chi connectivity index (χ0n) is 43.5. The molecule has 0 heterocycles. The highest BCUT2D eigenvalue weighted by molar-refractivity contribution is 6.85. The fraction of sp³-hybridized carbons (Fsp3) is 0.290. The standard InChI is InChI=1S/C43H46Si3.C19H24Si2/c1-11-12-35-13-21-39(22-14-35)43(40-23-15-36(16-24-40)29-32-44(2,3)4,41-25-17-37(18-26-41)30-33-45(5,6)7)42-27-19-38(20-28-42)31-34-46(8,9)10;1-8-9-17-14-18(10-12-20(2,3)4)16-19(15-17)11-13-21(5,6)7/h13-28H,1-10H3;14-16H,1-7H3. The lowest BCUT2D eigenvalue weighted by Crippen LogP contribution is -2.31. The van der Waals surface area contributed by atoms with Gasteiger partial charge in [-0.25, -0.2) is 0 Å². The average molecular weight is 956 g/mol. The number of hydrogen-bond acceptors (Lipinski definition) is 0. The Kier molecular flexibility index (Phi) is 18.2. The molecule has 0 aliphatic carbocycles. The Morgan fingerprint density at radius 1 is 0.254 bits per heavy atom. The van der Waals surface area contributed by atoms with Gasteiger partial charge in [0.1, 0.15) is 40.4 Å². The van der Waals surface area contributed by atoms with Crippen LogP contribution in [-0.2, 0) is 5.41 Å². The van der Waals surface area contributed by atoms with Gasteiger partial charge in [-0.05, 0) is 103 Å². The first-order chi connectivity index (χ1) is 31.2. The van der Waals surface area contributed by atoms with Crippen LogP contribution in [0.5, 0.6) is 0 Å². The summed E-state index contributed by atoms with van der Waals surface area (Å²) in [6, 6.07) is 41.5. The van der Waals surface area contributed by atoms with Gasteiger partial charge in [0.2, 0.25) is 0 Å². The SMILES string of the molecule is CC#Cc1cc(C#C[Si](C)(C)C)cc(C#C[Si](C)(C)C)c1.CC#Cc1ccc(C(c2ccc(C#C[Si](C)(C)C)cc2)(c2ccc(C#C[Si](C)(C)C)cc2)c2ccc(C#C[Si](C)(C)C)cc2)cc1. The molecule has 5 heteroatoms. The molecule has 0 amide bonds. The van der Waals surface area contributed by atoms with E-state index in [1.54, 1.807) is 0 Å². The van der Waals surface area contributed by atoms with Crippen molar-refractivity contribution >= 4 is 40.4 Å². The topological polar surface area (TPSA) is 0 Å². The molecule has 0 aliphatic heterocycles. The second-order valence-corrected chi connectivity index (χ2v) is 45.9. The first-order valence-electron chi connectivity index (χ1n) is 23.3. The van der Waals surface area contributed by atoms with Crippen LogP contribution in [0.15, 0.2) is 115 Å². The quantitative estimate of drug-likeness (QED) is 0.0957. The summed E-state index contributed by atoms with van der Waals surface area (Å²) in [6.45, 7) is 37.8. The van der Waals surface area contributed by atoms with Crippen molar-refractivity contribution in [3.05, 3.63) is 176 Å². The number of rotatable bonds is 4. The third kappa shape index (κ3) is 18.0. The maximum absolute atomic E-state index is 3.52. The minimum absolute atomic E-state index is 0.585. The molecule has 5 rings (SSSR count). The zero-order valence-corrected chi connectivity index (χ0v) is 48.5. The molecule has 0 unspecified atom stereocenters. The van der Waals surface area contributed by atoms with Gasteiger partial charge >= 0.3 is 0 Å². The Morgan fingerprint density at radius 2 is 0.433 bits per heavy atom. The summed E-state index contributed by atoms with van der Waals surface area (Å²) in [5.41, 5.74) is 28.7. The van der Waals surface area contributed by atoms with E-state index in [4.69, 9.17) is 0 Å². The molecule has 0 aromatic heterocycles. The van der Waals surface area contributed by atoms with Gasteiger partial charge in [0, 0.05) is 38.9 Å². The van der Waals surface area contributed by atoms with E-state index in [-0.39, 0.29) is 0 Å². The maximum Gasteiger partial charge on any atom is 0.129 e. The highest BCUT2D eigenvalue weighted by Crippen LogP contribution is 2.45. The first-order valence-corrected chi connectivity index (χ1v) is 40.8. The highest BCUT2D eigenvalue weighted by Gasteiger charge is 2.38. The van der Waals surface area contributed by atoms with Gasteiger partial charge < -0.3 is 0 Å². The third-order valence-corrected chi connectivity index (χ3v) is 14.0. The van der Waals surface area contributed by atoms with E-state index in [9.17, 15) is 0 Å². The van der Waals surface area contributed by atoms with Gasteiger partial charge in [-0.2, -0.15) is 0 Å². The van der Waals surface area contributed by atoms with Crippen LogP contribution < -0.4 is 0 Å². The van der Waals surface area contributed by atoms with Gasteiger partial charge in [-0.3, -0.25) is 0 Å². The van der Waals surface area contributed by atoms with Crippen LogP contribution in [0, 0.1) is 81.0 Å². The number of hydrogen-bond donors (Lipinski definition) is 0. The predicted molar refractivity (Wildman–Crippen MR) is 307 cm³/mol. The minimum atomic E-state index is -1.50. The molecule has 0 spiro atoms. The second kappa shape index (κ2) is 22.7. The highest BCUT2D eigenvalue weighted by atomic mass is 28.3. The fourth-order valence-corrected chi connectivity index (χ4v) is 9.24. The summed E-state index contributed by atoms with van der Waals surface area (Å²) in [4.78, 5) is 0. The average Bonchev–Trinajstić information content (AvgIpc) is 3.24. The Hall–Kier alpha value is -5.90. The third-order valence-electron chi connectivity index (χ3n) is 9.65. The number of benzene rings is 5. The van der Waals surface area contributed by atoms with Crippen LogP contribution in [0.1, 0.15) is 75.0 Å². The summed E-state index contributed by atoms with van der Waals surface area (Å²) in [6.07, 6.45) is 0. The van der Waals surface area contributed by atoms with Crippen molar-refractivity contribution in [2.45, 2.75) is 117 Å². The predicted octanol–water partition coefficient (Wildman–Crippen LogP) is 14.6. The Morgan fingerprint density at radius 3 is 0.642 bits per heavy atom. The van der Waals surface area contributed by atoms with Crippen molar-refractivity contribution in [1.82, 2.24) is 0 Å². The molecular formula is C62H70Si5. The van der Waals surface area contributed by atoms with Gasteiger partial charge in [0.25, 0.3) is 0 Å². The van der Waals surface area contributed by atoms with E-state index in [2.05, 4.69) is 294 Å². The molecule has 0 atom stereocenters. The Labute approximate surface area is 412 Å². The molecule has 0 aliphatic rings. The van der Waals surface area contributed by atoms with E-state index in [1.165, 1.54) is 22.3 Å². The molecule has 0 radical (unpaired) electrons. The fourth-order valence-electron chi connectivity index (χ4n) is 6.65. The maximum atomic E-state index is 3.52. The van der Waals surface area contributed by atoms with Crippen molar-refractivity contribution in [2.75, 3.05) is 0 Å². The van der Waals surface area contributed by atoms with Gasteiger partial charge in [-0.15, -0.1) is 39.6 Å². The Balaban J connectivity index is 0.000000391. The molecule has 0 N–H and O–H groups in total.